The van der Waals surface area contributed by atoms with Crippen LogP contribution in [0.4, 0.5) is 8.78 Å². The molecular formula is C48H72F2N4O13. The average molecular weight is 951 g/mol. The number of halogens is 2. The van der Waals surface area contributed by atoms with Crippen LogP contribution in [0.2, 0.25) is 0 Å². The average Bonchev–Trinajstić information content (AvgIpc) is 4.08. The van der Waals surface area contributed by atoms with Crippen molar-refractivity contribution in [3.8, 4) is 0 Å². The van der Waals surface area contributed by atoms with Crippen molar-refractivity contribution >= 4 is 48.0 Å². The largest absolute Gasteiger partial charge is 0.458 e. The van der Waals surface area contributed by atoms with Gasteiger partial charge in [-0.25, -0.2) is 23.2 Å². The summed E-state index contributed by atoms with van der Waals surface area (Å²) in [7, 11) is 5.33. The molecule has 0 radical (unpaired) electrons. The van der Waals surface area contributed by atoms with Gasteiger partial charge in [-0.3, -0.25) is 24.0 Å². The van der Waals surface area contributed by atoms with E-state index in [0.717, 1.165) is 33.1 Å². The van der Waals surface area contributed by atoms with Crippen molar-refractivity contribution in [2.75, 3.05) is 54.6 Å². The summed E-state index contributed by atoms with van der Waals surface area (Å²) in [5.74, 6) is -5.63. The highest BCUT2D eigenvalue weighted by atomic mass is 19.1. The number of alkyl halides is 2. The van der Waals surface area contributed by atoms with Gasteiger partial charge in [-0.2, -0.15) is 0 Å². The Balaban J connectivity index is 1.86. The number of hydrogen-bond donors (Lipinski definition) is 0. The molecule has 3 rings (SSSR count). The number of nitrogens with zero attached hydrogens (tertiary/aromatic N) is 4. The summed E-state index contributed by atoms with van der Waals surface area (Å²) < 4.78 is 57.1. The van der Waals surface area contributed by atoms with Crippen molar-refractivity contribution in [3.63, 3.8) is 0 Å². The molecular weight excluding hydrogens is 879 g/mol. The number of benzene rings is 1. The third kappa shape index (κ3) is 16.5. The van der Waals surface area contributed by atoms with Gasteiger partial charge in [-0.15, -0.1) is 0 Å². The van der Waals surface area contributed by atoms with E-state index in [4.69, 9.17) is 18.9 Å². The van der Waals surface area contributed by atoms with Crippen LogP contribution in [0.1, 0.15) is 117 Å². The molecule has 19 heteroatoms. The molecule has 3 unspecified atom stereocenters. The Morgan fingerprint density at radius 1 is 0.761 bits per heavy atom. The molecule has 4 amide bonds. The fourth-order valence-corrected chi connectivity index (χ4v) is 8.03. The molecule has 1 saturated heterocycles. The first-order valence-electron chi connectivity index (χ1n) is 22.9. The van der Waals surface area contributed by atoms with Gasteiger partial charge < -0.3 is 43.3 Å². The van der Waals surface area contributed by atoms with E-state index in [-0.39, 0.29) is 37.7 Å². The zero-order valence-corrected chi connectivity index (χ0v) is 41.3. The maximum atomic E-state index is 15.2. The second kappa shape index (κ2) is 24.2. The van der Waals surface area contributed by atoms with E-state index in [1.807, 2.05) is 32.9 Å². The van der Waals surface area contributed by atoms with E-state index in [1.54, 1.807) is 19.2 Å². The minimum atomic E-state index is -2.01. The van der Waals surface area contributed by atoms with Crippen molar-refractivity contribution in [2.45, 2.75) is 160 Å². The number of amides is 4. The smallest absolute Gasteiger partial charge is 0.332 e. The minimum absolute atomic E-state index is 0.0470. The number of carbonyl (C=O) groups is 8. The van der Waals surface area contributed by atoms with Crippen LogP contribution in [0.5, 0.6) is 0 Å². The Kier molecular flexibility index (Phi) is 20.3. The van der Waals surface area contributed by atoms with Gasteiger partial charge in [-0.05, 0) is 96.6 Å². The highest BCUT2D eigenvalue weighted by Gasteiger charge is 2.58. The second-order valence-corrected chi connectivity index (χ2v) is 19.6. The Labute approximate surface area is 393 Å². The third-order valence-electron chi connectivity index (χ3n) is 12.4. The van der Waals surface area contributed by atoms with Crippen LogP contribution in [0.25, 0.3) is 0 Å². The second-order valence-electron chi connectivity index (χ2n) is 19.6. The molecule has 0 aromatic heterocycles. The van der Waals surface area contributed by atoms with Gasteiger partial charge in [0.2, 0.25) is 0 Å². The lowest BCUT2D eigenvalue weighted by Crippen LogP contribution is -2.54. The molecule has 0 N–H and O–H groups in total. The maximum Gasteiger partial charge on any atom is 0.332 e. The topological polar surface area (TPSA) is 196 Å². The molecule has 1 aliphatic carbocycles. The normalized spacial score (nSPS) is 17.1. The molecule has 2 fully saturated rings. The standard InChI is InChI=1S/C48H72F2N4O13/c1-30(2)23-31(3)51(9)40(57)28-65-43(60)36(25-46(5,6)49)53(11)41(58)32(4)66-45(62)48(19-20-48)54(12)42(59)38(24-33-13-15-34(16-14-33)35-17-21-63-22-18-35)67-44(61)37(26-47(7,8)50)52(10)39(56)27-64-29-55/h13-16,29-32,35-38H,17-28H2,1-12H3/t31?,32-,36?,37?,38-/m1/s1. The molecule has 1 saturated carbocycles. The fraction of sp³-hybridized carbons (Fsp3) is 0.708. The van der Waals surface area contributed by atoms with E-state index in [9.17, 15) is 38.4 Å². The molecule has 0 bridgehead atoms. The summed E-state index contributed by atoms with van der Waals surface area (Å²) in [6.45, 7) is 11.9. The Morgan fingerprint density at radius 3 is 1.81 bits per heavy atom. The fourth-order valence-electron chi connectivity index (χ4n) is 8.03. The van der Waals surface area contributed by atoms with E-state index >= 15 is 8.78 Å². The number of ether oxygens (including phenoxy) is 5. The molecule has 17 nitrogen and oxygen atoms in total. The molecule has 1 aromatic carbocycles. The van der Waals surface area contributed by atoms with E-state index < -0.39 is 109 Å². The molecule has 1 aliphatic heterocycles. The van der Waals surface area contributed by atoms with Gasteiger partial charge >= 0.3 is 17.9 Å². The molecule has 67 heavy (non-hydrogen) atoms. The Bertz CT molecular complexity index is 1890. The number of rotatable bonds is 25. The SMILES string of the molecule is CC(C)CC(C)N(C)C(=O)COC(=O)C(CC(C)(C)F)N(C)C(=O)[C@@H](C)OC(=O)C1(N(C)C(=O)[C@@H](Cc2ccc(C3CCOCC3)cc2)OC(=O)C(CC(C)(C)F)N(C)C(=O)COC=O)CC1. The van der Waals surface area contributed by atoms with E-state index in [0.29, 0.717) is 31.1 Å². The highest BCUT2D eigenvalue weighted by Crippen LogP contribution is 2.43. The number of hydrogen-bond acceptors (Lipinski definition) is 13. The van der Waals surface area contributed by atoms with Crippen molar-refractivity contribution in [2.24, 2.45) is 5.92 Å². The first-order valence-corrected chi connectivity index (χ1v) is 22.9. The van der Waals surface area contributed by atoms with Crippen LogP contribution >= 0.6 is 0 Å². The predicted molar refractivity (Wildman–Crippen MR) is 240 cm³/mol. The van der Waals surface area contributed by atoms with E-state index in [2.05, 4.69) is 4.74 Å². The lowest BCUT2D eigenvalue weighted by atomic mass is 9.90. The summed E-state index contributed by atoms with van der Waals surface area (Å²) in [6, 6.07) is 4.17. The maximum absolute atomic E-state index is 15.2. The lowest BCUT2D eigenvalue weighted by molar-refractivity contribution is -0.174. The van der Waals surface area contributed by atoms with Crippen LogP contribution < -0.4 is 0 Å². The summed E-state index contributed by atoms with van der Waals surface area (Å²) in [4.78, 5) is 111. The van der Waals surface area contributed by atoms with Gasteiger partial charge in [0, 0.05) is 66.7 Å². The zero-order valence-electron chi connectivity index (χ0n) is 41.3. The van der Waals surface area contributed by atoms with Gasteiger partial charge in [0.1, 0.15) is 29.0 Å². The Hall–Kier alpha value is -5.20. The third-order valence-corrected chi connectivity index (χ3v) is 12.4. The first kappa shape index (κ1) is 56.1. The van der Waals surface area contributed by atoms with Crippen LogP contribution in [-0.2, 0) is 68.5 Å². The predicted octanol–water partition coefficient (Wildman–Crippen LogP) is 4.50. The minimum Gasteiger partial charge on any atom is -0.458 e. The van der Waals surface area contributed by atoms with Crippen LogP contribution in [0.3, 0.4) is 0 Å². The highest BCUT2D eigenvalue weighted by molar-refractivity contribution is 5.95. The lowest BCUT2D eigenvalue weighted by Gasteiger charge is -2.34. The molecule has 0 spiro atoms. The number of likely N-dealkylation sites (N-methyl/N-ethyl adjacent to an activating group) is 4. The molecule has 2 aliphatic rings. The molecule has 5 atom stereocenters. The Morgan fingerprint density at radius 2 is 1.30 bits per heavy atom. The summed E-state index contributed by atoms with van der Waals surface area (Å²) in [5.41, 5.74) is -3.95. The van der Waals surface area contributed by atoms with Gasteiger partial charge in [0.25, 0.3) is 30.1 Å². The summed E-state index contributed by atoms with van der Waals surface area (Å²) in [5, 5.41) is 0. The van der Waals surface area contributed by atoms with Crippen molar-refractivity contribution in [1.82, 2.24) is 19.6 Å². The van der Waals surface area contributed by atoms with Crippen LogP contribution in [0.15, 0.2) is 24.3 Å². The van der Waals surface area contributed by atoms with Gasteiger partial charge in [0.05, 0.1) is 0 Å². The molecule has 1 aromatic rings. The van der Waals surface area contributed by atoms with E-state index in [1.165, 1.54) is 60.7 Å². The van der Waals surface area contributed by atoms with Gasteiger partial charge in [-0.1, -0.05) is 38.1 Å². The van der Waals surface area contributed by atoms with Crippen LogP contribution in [-0.4, -0.2) is 169 Å². The molecule has 376 valence electrons. The van der Waals surface area contributed by atoms with Crippen LogP contribution in [0, 0.1) is 5.92 Å². The first-order chi connectivity index (χ1) is 31.1. The summed E-state index contributed by atoms with van der Waals surface area (Å²) in [6.07, 6.45) is -1.84. The van der Waals surface area contributed by atoms with Gasteiger partial charge in [0.15, 0.2) is 25.4 Å². The summed E-state index contributed by atoms with van der Waals surface area (Å²) >= 11 is 0. The number of esters is 3. The monoisotopic (exact) mass is 951 g/mol. The zero-order chi connectivity index (χ0) is 50.6. The quantitative estimate of drug-likeness (QED) is 0.0756. The number of carbonyl (C=O) groups excluding carboxylic acids is 8. The van der Waals surface area contributed by atoms with Crippen molar-refractivity contribution < 1.29 is 70.8 Å². The van der Waals surface area contributed by atoms with Crippen molar-refractivity contribution in [1.29, 1.82) is 0 Å². The van der Waals surface area contributed by atoms with Crippen molar-refractivity contribution in [3.05, 3.63) is 35.4 Å². The molecule has 1 heterocycles.